The van der Waals surface area contributed by atoms with Gasteiger partial charge in [0.1, 0.15) is 23.9 Å². The molecule has 0 aliphatic heterocycles. The number of ether oxygens (including phenoxy) is 2. The van der Waals surface area contributed by atoms with E-state index in [9.17, 15) is 5.11 Å². The maximum atomic E-state index is 9.70. The van der Waals surface area contributed by atoms with E-state index in [1.54, 1.807) is 23.9 Å². The van der Waals surface area contributed by atoms with Crippen LogP contribution in [-0.2, 0) is 4.74 Å². The summed E-state index contributed by atoms with van der Waals surface area (Å²) in [6, 6.07) is 17.2. The molecule has 4 rings (SSSR count). The Balaban J connectivity index is 1.81. The lowest BCUT2D eigenvalue weighted by atomic mass is 10.0. The molecular weight excluding hydrogens is 392 g/mol. The Labute approximate surface area is 181 Å². The first-order chi connectivity index (χ1) is 15.0. The molecular formula is C24H26N4O3. The molecule has 0 aliphatic carbocycles. The van der Waals surface area contributed by atoms with E-state index in [1.807, 2.05) is 48.7 Å². The lowest BCUT2D eigenvalue weighted by Crippen LogP contribution is -2.10. The van der Waals surface area contributed by atoms with Crippen LogP contribution >= 0.6 is 0 Å². The van der Waals surface area contributed by atoms with E-state index in [2.05, 4.69) is 24.3 Å². The normalized spacial score (nSPS) is 11.2. The van der Waals surface area contributed by atoms with Crippen LogP contribution in [0.1, 0.15) is 13.8 Å². The molecule has 2 aromatic heterocycles. The average Bonchev–Trinajstić information content (AvgIpc) is 3.21. The highest BCUT2D eigenvalue weighted by Crippen LogP contribution is 2.32. The standard InChI is InChI=1S/C24H26N4O3/c1-16(2)25-23-10-11-28(27-23)24-15-21(17-4-6-18(29)7-5-17)20-9-8-19(14-22(20)26-24)31-13-12-30-3/h4-11,14-16,29H,12-13H2,1-3H3,(H,25,27). The molecule has 0 amide bonds. The number of anilines is 1. The van der Waals surface area contributed by atoms with Crippen LogP contribution in [0.2, 0.25) is 0 Å². The number of fused-ring (bicyclic) bond motifs is 1. The van der Waals surface area contributed by atoms with Crippen molar-refractivity contribution < 1.29 is 14.6 Å². The number of benzene rings is 2. The SMILES string of the molecule is COCCOc1ccc2c(-c3ccc(O)cc3)cc(-n3ccc(NC(C)C)n3)nc2c1. The number of hydrogen-bond donors (Lipinski definition) is 2. The molecule has 2 aromatic carbocycles. The maximum absolute atomic E-state index is 9.70. The van der Waals surface area contributed by atoms with Crippen molar-refractivity contribution in [3.05, 3.63) is 60.8 Å². The third kappa shape index (κ3) is 4.78. The van der Waals surface area contributed by atoms with Crippen molar-refractivity contribution in [3.63, 3.8) is 0 Å². The van der Waals surface area contributed by atoms with Crippen molar-refractivity contribution in [2.24, 2.45) is 0 Å². The van der Waals surface area contributed by atoms with Gasteiger partial charge in [-0.25, -0.2) is 9.67 Å². The first-order valence-corrected chi connectivity index (χ1v) is 10.2. The van der Waals surface area contributed by atoms with Gasteiger partial charge in [0.05, 0.1) is 12.1 Å². The molecule has 0 unspecified atom stereocenters. The Bertz CT molecular complexity index is 1170. The van der Waals surface area contributed by atoms with Gasteiger partial charge >= 0.3 is 0 Å². The van der Waals surface area contributed by atoms with Crippen LogP contribution in [0.5, 0.6) is 11.5 Å². The fourth-order valence-electron chi connectivity index (χ4n) is 3.35. The summed E-state index contributed by atoms with van der Waals surface area (Å²) in [4.78, 5) is 4.84. The van der Waals surface area contributed by atoms with Crippen LogP contribution in [0.25, 0.3) is 27.8 Å². The minimum Gasteiger partial charge on any atom is -0.508 e. The number of phenols is 1. The van der Waals surface area contributed by atoms with Crippen LogP contribution < -0.4 is 10.1 Å². The van der Waals surface area contributed by atoms with Crippen LogP contribution in [-0.4, -0.2) is 46.2 Å². The lowest BCUT2D eigenvalue weighted by Gasteiger charge is -2.12. The van der Waals surface area contributed by atoms with Gasteiger partial charge in [0.15, 0.2) is 5.82 Å². The van der Waals surface area contributed by atoms with Crippen LogP contribution in [0.4, 0.5) is 5.82 Å². The van der Waals surface area contributed by atoms with Gasteiger partial charge in [-0.3, -0.25) is 0 Å². The molecule has 0 fully saturated rings. The summed E-state index contributed by atoms with van der Waals surface area (Å²) in [5, 5.41) is 18.6. The number of pyridine rings is 1. The zero-order valence-corrected chi connectivity index (χ0v) is 17.9. The number of nitrogens with zero attached hydrogens (tertiary/aromatic N) is 3. The molecule has 7 nitrogen and oxygen atoms in total. The molecule has 4 aromatic rings. The van der Waals surface area contributed by atoms with Crippen molar-refractivity contribution in [2.75, 3.05) is 25.6 Å². The zero-order valence-electron chi connectivity index (χ0n) is 17.9. The van der Waals surface area contributed by atoms with E-state index >= 15 is 0 Å². The predicted molar refractivity (Wildman–Crippen MR) is 122 cm³/mol. The molecule has 0 atom stereocenters. The van der Waals surface area contributed by atoms with E-state index in [1.165, 1.54) is 0 Å². The van der Waals surface area contributed by atoms with E-state index in [4.69, 9.17) is 14.5 Å². The highest BCUT2D eigenvalue weighted by Gasteiger charge is 2.12. The molecule has 2 N–H and O–H groups in total. The number of rotatable bonds is 8. The molecule has 0 radical (unpaired) electrons. The van der Waals surface area contributed by atoms with Crippen LogP contribution in [0.15, 0.2) is 60.8 Å². The molecule has 0 saturated heterocycles. The van der Waals surface area contributed by atoms with Gasteiger partial charge in [0, 0.05) is 36.9 Å². The number of methoxy groups -OCH3 is 1. The minimum absolute atomic E-state index is 0.229. The third-order valence-corrected chi connectivity index (χ3v) is 4.76. The van der Waals surface area contributed by atoms with Crippen molar-refractivity contribution in [2.45, 2.75) is 19.9 Å². The monoisotopic (exact) mass is 418 g/mol. The van der Waals surface area contributed by atoms with Crippen LogP contribution in [0.3, 0.4) is 0 Å². The first kappa shape index (κ1) is 20.7. The van der Waals surface area contributed by atoms with Crippen molar-refractivity contribution in [1.29, 1.82) is 0 Å². The second kappa shape index (κ2) is 9.06. The summed E-state index contributed by atoms with van der Waals surface area (Å²) in [5.74, 6) is 2.45. The number of aromatic nitrogens is 3. The van der Waals surface area contributed by atoms with E-state index in [-0.39, 0.29) is 11.8 Å². The van der Waals surface area contributed by atoms with Gasteiger partial charge < -0.3 is 19.9 Å². The Morgan fingerprint density at radius 1 is 1.03 bits per heavy atom. The lowest BCUT2D eigenvalue weighted by molar-refractivity contribution is 0.146. The highest BCUT2D eigenvalue weighted by atomic mass is 16.5. The van der Waals surface area contributed by atoms with Gasteiger partial charge in [-0.1, -0.05) is 12.1 Å². The summed E-state index contributed by atoms with van der Waals surface area (Å²) in [5.41, 5.74) is 2.77. The molecule has 0 aliphatic rings. The Morgan fingerprint density at radius 2 is 1.84 bits per heavy atom. The van der Waals surface area contributed by atoms with Gasteiger partial charge in [0.25, 0.3) is 0 Å². The van der Waals surface area contributed by atoms with Gasteiger partial charge in [-0.2, -0.15) is 0 Å². The molecule has 160 valence electrons. The summed E-state index contributed by atoms with van der Waals surface area (Å²) in [7, 11) is 1.65. The summed E-state index contributed by atoms with van der Waals surface area (Å²) in [6.45, 7) is 5.13. The second-order valence-corrected chi connectivity index (χ2v) is 7.54. The number of aromatic hydroxyl groups is 1. The Kier molecular flexibility index (Phi) is 6.04. The fraction of sp³-hybridized carbons (Fsp3) is 0.250. The molecule has 0 saturated carbocycles. The smallest absolute Gasteiger partial charge is 0.154 e. The van der Waals surface area contributed by atoms with Crippen LogP contribution in [0, 0.1) is 0 Å². The van der Waals surface area contributed by atoms with E-state index in [0.29, 0.717) is 19.0 Å². The van der Waals surface area contributed by atoms with Gasteiger partial charge in [-0.15, -0.1) is 5.10 Å². The second-order valence-electron chi connectivity index (χ2n) is 7.54. The van der Waals surface area contributed by atoms with Gasteiger partial charge in [0.2, 0.25) is 0 Å². The molecule has 2 heterocycles. The topological polar surface area (TPSA) is 81.4 Å². The quantitative estimate of drug-likeness (QED) is 0.406. The summed E-state index contributed by atoms with van der Waals surface area (Å²) in [6.07, 6.45) is 1.89. The number of phenolic OH excluding ortho intramolecular Hbond substituents is 1. The van der Waals surface area contributed by atoms with Crippen molar-refractivity contribution in [1.82, 2.24) is 14.8 Å². The number of hydrogen-bond acceptors (Lipinski definition) is 6. The van der Waals surface area contributed by atoms with Crippen molar-refractivity contribution in [3.8, 4) is 28.4 Å². The summed E-state index contributed by atoms with van der Waals surface area (Å²) < 4.78 is 12.6. The fourth-order valence-corrected chi connectivity index (χ4v) is 3.35. The van der Waals surface area contributed by atoms with Gasteiger partial charge in [-0.05, 0) is 55.3 Å². The van der Waals surface area contributed by atoms with E-state index < -0.39 is 0 Å². The molecule has 7 heteroatoms. The highest BCUT2D eigenvalue weighted by molar-refractivity contribution is 5.96. The largest absolute Gasteiger partial charge is 0.508 e. The predicted octanol–water partition coefficient (Wildman–Crippen LogP) is 4.64. The maximum Gasteiger partial charge on any atom is 0.154 e. The molecule has 0 spiro atoms. The first-order valence-electron chi connectivity index (χ1n) is 10.2. The number of nitrogens with one attached hydrogen (secondary N) is 1. The third-order valence-electron chi connectivity index (χ3n) is 4.76. The Morgan fingerprint density at radius 3 is 2.58 bits per heavy atom. The minimum atomic E-state index is 0.229. The average molecular weight is 418 g/mol. The molecule has 31 heavy (non-hydrogen) atoms. The summed E-state index contributed by atoms with van der Waals surface area (Å²) >= 11 is 0. The van der Waals surface area contributed by atoms with E-state index in [0.717, 1.165) is 33.6 Å². The Hall–Kier alpha value is -3.58. The van der Waals surface area contributed by atoms with Crippen molar-refractivity contribution >= 4 is 16.7 Å². The zero-order chi connectivity index (χ0) is 21.8. The molecule has 0 bridgehead atoms.